The zero-order valence-corrected chi connectivity index (χ0v) is 15.2. The third-order valence-electron chi connectivity index (χ3n) is 3.23. The number of carbonyl (C=O) groups excluding carboxylic acids is 1. The lowest BCUT2D eigenvalue weighted by atomic mass is 10.2. The van der Waals surface area contributed by atoms with Gasteiger partial charge in [-0.2, -0.15) is 0 Å². The monoisotopic (exact) mass is 393 g/mol. The Bertz CT molecular complexity index is 871. The minimum Gasteiger partial charge on any atom is -0.411 e. The van der Waals surface area contributed by atoms with Crippen molar-refractivity contribution in [2.24, 2.45) is 0 Å². The highest BCUT2D eigenvalue weighted by Crippen LogP contribution is 2.23. The summed E-state index contributed by atoms with van der Waals surface area (Å²) < 4.78 is 5.54. The fraction of sp³-hybridized carbons (Fsp3) is 0.118. The maximum absolute atomic E-state index is 11.9. The molecule has 1 heterocycles. The summed E-state index contributed by atoms with van der Waals surface area (Å²) in [5.41, 5.74) is 1.71. The van der Waals surface area contributed by atoms with E-state index in [2.05, 4.69) is 15.5 Å². The topological polar surface area (TPSA) is 68.0 Å². The Balaban J connectivity index is 1.49. The van der Waals surface area contributed by atoms with Gasteiger partial charge in [0.25, 0.3) is 5.22 Å². The standard InChI is InChI=1S/C17H13Cl2N3O2S/c18-13-7-6-11(8-14(13)19)9-20-15(23)10-25-17-22-21-16(24-17)12-4-2-1-3-5-12/h1-8H,9-10H2,(H,20,23). The van der Waals surface area contributed by atoms with E-state index >= 15 is 0 Å². The van der Waals surface area contributed by atoms with Gasteiger partial charge in [-0.3, -0.25) is 4.79 Å². The van der Waals surface area contributed by atoms with Gasteiger partial charge in [0.05, 0.1) is 15.8 Å². The van der Waals surface area contributed by atoms with Crippen molar-refractivity contribution in [3.8, 4) is 11.5 Å². The first-order chi connectivity index (χ1) is 12.1. The molecule has 0 atom stereocenters. The van der Waals surface area contributed by atoms with E-state index in [1.165, 1.54) is 11.8 Å². The van der Waals surface area contributed by atoms with Gasteiger partial charge >= 0.3 is 0 Å². The summed E-state index contributed by atoms with van der Waals surface area (Å²) in [6.45, 7) is 0.370. The third kappa shape index (κ3) is 4.98. The van der Waals surface area contributed by atoms with E-state index in [1.54, 1.807) is 12.1 Å². The summed E-state index contributed by atoms with van der Waals surface area (Å²) in [5, 5.41) is 12.0. The van der Waals surface area contributed by atoms with Gasteiger partial charge in [0.1, 0.15) is 0 Å². The number of amides is 1. The molecule has 0 saturated carbocycles. The fourth-order valence-corrected chi connectivity index (χ4v) is 2.91. The van der Waals surface area contributed by atoms with Crippen LogP contribution >= 0.6 is 35.0 Å². The summed E-state index contributed by atoms with van der Waals surface area (Å²) in [5.74, 6) is 0.465. The predicted molar refractivity (Wildman–Crippen MR) is 98.8 cm³/mol. The van der Waals surface area contributed by atoms with Crippen molar-refractivity contribution in [2.45, 2.75) is 11.8 Å². The highest BCUT2D eigenvalue weighted by Gasteiger charge is 2.11. The quantitative estimate of drug-likeness (QED) is 0.626. The van der Waals surface area contributed by atoms with Gasteiger partial charge in [-0.25, -0.2) is 0 Å². The number of hydrogen-bond donors (Lipinski definition) is 1. The Morgan fingerprint density at radius 1 is 1.08 bits per heavy atom. The third-order valence-corrected chi connectivity index (χ3v) is 4.79. The number of thioether (sulfide) groups is 1. The van der Waals surface area contributed by atoms with E-state index in [1.807, 2.05) is 36.4 Å². The van der Waals surface area contributed by atoms with Crippen LogP contribution in [0.1, 0.15) is 5.56 Å². The lowest BCUT2D eigenvalue weighted by Crippen LogP contribution is -2.24. The van der Waals surface area contributed by atoms with Crippen LogP contribution in [0.25, 0.3) is 11.5 Å². The van der Waals surface area contributed by atoms with E-state index in [0.29, 0.717) is 27.7 Å². The number of carbonyl (C=O) groups is 1. The van der Waals surface area contributed by atoms with Crippen LogP contribution in [-0.2, 0) is 11.3 Å². The first-order valence-corrected chi connectivity index (χ1v) is 9.08. The van der Waals surface area contributed by atoms with E-state index in [9.17, 15) is 4.79 Å². The van der Waals surface area contributed by atoms with Crippen LogP contribution in [0.3, 0.4) is 0 Å². The second-order valence-electron chi connectivity index (χ2n) is 5.05. The Kier molecular flexibility index (Phi) is 5.96. The number of nitrogens with zero attached hydrogens (tertiary/aromatic N) is 2. The first kappa shape index (κ1) is 17.8. The second kappa shape index (κ2) is 8.38. The second-order valence-corrected chi connectivity index (χ2v) is 6.79. The van der Waals surface area contributed by atoms with Crippen molar-refractivity contribution in [3.05, 3.63) is 64.1 Å². The van der Waals surface area contributed by atoms with Gasteiger partial charge in [-0.1, -0.05) is 59.2 Å². The number of halogens is 2. The van der Waals surface area contributed by atoms with Crippen molar-refractivity contribution in [2.75, 3.05) is 5.75 Å². The molecule has 0 radical (unpaired) electrons. The highest BCUT2D eigenvalue weighted by molar-refractivity contribution is 7.99. The van der Waals surface area contributed by atoms with E-state index < -0.39 is 0 Å². The average Bonchev–Trinajstić information content (AvgIpc) is 3.11. The summed E-state index contributed by atoms with van der Waals surface area (Å²) in [7, 11) is 0. The molecule has 8 heteroatoms. The molecule has 3 aromatic rings. The lowest BCUT2D eigenvalue weighted by molar-refractivity contribution is -0.118. The summed E-state index contributed by atoms with van der Waals surface area (Å²) >= 11 is 13.0. The van der Waals surface area contributed by atoms with Crippen LogP contribution in [0.5, 0.6) is 0 Å². The molecule has 0 bridgehead atoms. The molecular weight excluding hydrogens is 381 g/mol. The molecule has 1 amide bonds. The van der Waals surface area contributed by atoms with Crippen molar-refractivity contribution in [1.82, 2.24) is 15.5 Å². The van der Waals surface area contributed by atoms with Crippen LogP contribution in [0, 0.1) is 0 Å². The van der Waals surface area contributed by atoms with Gasteiger partial charge in [-0.05, 0) is 29.8 Å². The van der Waals surface area contributed by atoms with Crippen molar-refractivity contribution >= 4 is 40.9 Å². The molecule has 2 aromatic carbocycles. The van der Waals surface area contributed by atoms with Crippen LogP contribution in [0.2, 0.25) is 10.0 Å². The van der Waals surface area contributed by atoms with E-state index in [-0.39, 0.29) is 11.7 Å². The molecule has 0 unspecified atom stereocenters. The Morgan fingerprint density at radius 2 is 1.88 bits per heavy atom. The normalized spacial score (nSPS) is 10.6. The minimum atomic E-state index is -0.143. The smallest absolute Gasteiger partial charge is 0.277 e. The van der Waals surface area contributed by atoms with Crippen molar-refractivity contribution in [3.63, 3.8) is 0 Å². The number of nitrogens with one attached hydrogen (secondary N) is 1. The summed E-state index contributed by atoms with van der Waals surface area (Å²) in [6.07, 6.45) is 0. The van der Waals surface area contributed by atoms with Crippen LogP contribution in [0.15, 0.2) is 58.2 Å². The molecule has 0 fully saturated rings. The average molecular weight is 394 g/mol. The molecule has 1 aromatic heterocycles. The first-order valence-electron chi connectivity index (χ1n) is 7.34. The molecule has 5 nitrogen and oxygen atoms in total. The molecule has 3 rings (SSSR count). The molecule has 25 heavy (non-hydrogen) atoms. The Labute approximate surface area is 158 Å². The molecule has 0 saturated heterocycles. The van der Waals surface area contributed by atoms with Crippen molar-refractivity contribution in [1.29, 1.82) is 0 Å². The number of rotatable bonds is 6. The van der Waals surface area contributed by atoms with Crippen LogP contribution in [-0.4, -0.2) is 21.9 Å². The molecule has 1 N–H and O–H groups in total. The molecular formula is C17H13Cl2N3O2S. The molecule has 0 aliphatic rings. The zero-order valence-electron chi connectivity index (χ0n) is 12.9. The van der Waals surface area contributed by atoms with E-state index in [4.69, 9.17) is 27.6 Å². The summed E-state index contributed by atoms with van der Waals surface area (Å²) in [4.78, 5) is 11.9. The predicted octanol–water partition coefficient (Wildman–Crippen LogP) is 4.45. The SMILES string of the molecule is O=C(CSc1nnc(-c2ccccc2)o1)NCc1ccc(Cl)c(Cl)c1. The summed E-state index contributed by atoms with van der Waals surface area (Å²) in [6, 6.07) is 14.7. The van der Waals surface area contributed by atoms with Gasteiger partial charge in [0.15, 0.2) is 0 Å². The maximum Gasteiger partial charge on any atom is 0.277 e. The highest BCUT2D eigenvalue weighted by atomic mass is 35.5. The maximum atomic E-state index is 11.9. The van der Waals surface area contributed by atoms with Gasteiger partial charge in [-0.15, -0.1) is 10.2 Å². The van der Waals surface area contributed by atoms with Crippen molar-refractivity contribution < 1.29 is 9.21 Å². The van der Waals surface area contributed by atoms with Crippen LogP contribution < -0.4 is 5.32 Å². The van der Waals surface area contributed by atoms with Crippen LogP contribution in [0.4, 0.5) is 0 Å². The molecule has 128 valence electrons. The number of aromatic nitrogens is 2. The number of benzene rings is 2. The fourth-order valence-electron chi connectivity index (χ4n) is 1.99. The molecule has 0 aliphatic heterocycles. The van der Waals surface area contributed by atoms with Gasteiger partial charge in [0.2, 0.25) is 11.8 Å². The zero-order chi connectivity index (χ0) is 17.6. The van der Waals surface area contributed by atoms with Gasteiger partial charge in [0, 0.05) is 12.1 Å². The Hall–Kier alpha value is -2.02. The minimum absolute atomic E-state index is 0.143. The molecule has 0 spiro atoms. The lowest BCUT2D eigenvalue weighted by Gasteiger charge is -2.05. The van der Waals surface area contributed by atoms with Gasteiger partial charge < -0.3 is 9.73 Å². The molecule has 0 aliphatic carbocycles. The Morgan fingerprint density at radius 3 is 2.64 bits per heavy atom. The largest absolute Gasteiger partial charge is 0.411 e. The van der Waals surface area contributed by atoms with E-state index in [0.717, 1.165) is 11.1 Å². The number of hydrogen-bond acceptors (Lipinski definition) is 5.